The van der Waals surface area contributed by atoms with E-state index < -0.39 is 0 Å². The van der Waals surface area contributed by atoms with Gasteiger partial charge >= 0.3 is 0 Å². The van der Waals surface area contributed by atoms with Crippen molar-refractivity contribution >= 4 is 27.3 Å². The Balaban J connectivity index is 1.97. The Morgan fingerprint density at radius 1 is 1.37 bits per heavy atom. The van der Waals surface area contributed by atoms with Gasteiger partial charge in [-0.3, -0.25) is 0 Å². The van der Waals surface area contributed by atoms with Gasteiger partial charge in [-0.15, -0.1) is 11.3 Å². The molecule has 1 aromatic heterocycles. The maximum atomic E-state index is 4.67. The summed E-state index contributed by atoms with van der Waals surface area (Å²) < 4.78 is 1.17. The van der Waals surface area contributed by atoms with Gasteiger partial charge in [0.15, 0.2) is 0 Å². The lowest BCUT2D eigenvalue weighted by Gasteiger charge is -2.18. The Morgan fingerprint density at radius 3 is 2.74 bits per heavy atom. The lowest BCUT2D eigenvalue weighted by Crippen LogP contribution is -2.24. The third-order valence-electron chi connectivity index (χ3n) is 3.33. The van der Waals surface area contributed by atoms with Crippen LogP contribution in [0, 0.1) is 13.8 Å². The summed E-state index contributed by atoms with van der Waals surface area (Å²) in [6.45, 7) is 4.17. The molecule has 19 heavy (non-hydrogen) atoms. The zero-order chi connectivity index (χ0) is 13.4. The second-order valence-corrected chi connectivity index (χ2v) is 6.97. The molecule has 1 saturated carbocycles. The minimum absolute atomic E-state index is 0.209. The van der Waals surface area contributed by atoms with E-state index in [-0.39, 0.29) is 6.04 Å². The molecule has 1 atom stereocenters. The number of aromatic nitrogens is 1. The van der Waals surface area contributed by atoms with Gasteiger partial charge in [-0.05, 0) is 43.9 Å². The zero-order valence-corrected chi connectivity index (χ0v) is 13.5. The number of aryl methyl sites for hydroxylation is 2. The quantitative estimate of drug-likeness (QED) is 0.896. The Morgan fingerprint density at radius 2 is 2.16 bits per heavy atom. The maximum absolute atomic E-state index is 4.67. The molecule has 1 aromatic carbocycles. The van der Waals surface area contributed by atoms with Gasteiger partial charge in [-0.1, -0.05) is 28.1 Å². The van der Waals surface area contributed by atoms with Crippen molar-refractivity contribution in [2.45, 2.75) is 38.8 Å². The van der Waals surface area contributed by atoms with Crippen LogP contribution in [0.15, 0.2) is 28.1 Å². The molecule has 100 valence electrons. The lowest BCUT2D eigenvalue weighted by molar-refractivity contribution is 0.595. The molecule has 2 aromatic rings. The van der Waals surface area contributed by atoms with Crippen molar-refractivity contribution in [1.82, 2.24) is 10.3 Å². The van der Waals surface area contributed by atoms with Gasteiger partial charge in [0.2, 0.25) is 0 Å². The molecular formula is C15H17BrN2S. The van der Waals surface area contributed by atoms with Crippen LogP contribution in [0.3, 0.4) is 0 Å². The molecule has 1 N–H and O–H groups in total. The maximum Gasteiger partial charge on any atom is 0.114 e. The Kier molecular flexibility index (Phi) is 3.74. The highest BCUT2D eigenvalue weighted by Gasteiger charge is 2.28. The normalized spacial score (nSPS) is 16.6. The van der Waals surface area contributed by atoms with Crippen molar-refractivity contribution in [3.8, 4) is 0 Å². The fourth-order valence-electron chi connectivity index (χ4n) is 2.15. The smallest absolute Gasteiger partial charge is 0.114 e. The molecular weight excluding hydrogens is 320 g/mol. The lowest BCUT2D eigenvalue weighted by atomic mass is 10.1. The van der Waals surface area contributed by atoms with E-state index in [4.69, 9.17) is 0 Å². The van der Waals surface area contributed by atoms with Crippen LogP contribution in [0.25, 0.3) is 0 Å². The summed E-state index contributed by atoms with van der Waals surface area (Å²) >= 11 is 5.44. The molecule has 1 heterocycles. The van der Waals surface area contributed by atoms with Crippen molar-refractivity contribution in [3.05, 3.63) is 49.9 Å². The molecule has 0 amide bonds. The van der Waals surface area contributed by atoms with E-state index in [0.29, 0.717) is 6.04 Å². The molecule has 1 fully saturated rings. The summed E-state index contributed by atoms with van der Waals surface area (Å²) in [5.41, 5.74) is 3.66. The van der Waals surface area contributed by atoms with E-state index in [0.717, 1.165) is 10.7 Å². The fraction of sp³-hybridized carbons (Fsp3) is 0.400. The van der Waals surface area contributed by atoms with Gasteiger partial charge in [0, 0.05) is 21.6 Å². The van der Waals surface area contributed by atoms with Crippen molar-refractivity contribution in [2.24, 2.45) is 0 Å². The van der Waals surface area contributed by atoms with Crippen molar-refractivity contribution in [1.29, 1.82) is 0 Å². The molecule has 1 aliphatic rings. The summed E-state index contributed by atoms with van der Waals surface area (Å²) in [6, 6.07) is 7.42. The van der Waals surface area contributed by atoms with Crippen LogP contribution in [-0.4, -0.2) is 11.0 Å². The first-order valence-electron chi connectivity index (χ1n) is 6.57. The molecule has 0 radical (unpaired) electrons. The first-order chi connectivity index (χ1) is 9.13. The summed E-state index contributed by atoms with van der Waals surface area (Å²) in [7, 11) is 0. The number of nitrogens with one attached hydrogen (secondary N) is 1. The van der Waals surface area contributed by atoms with E-state index in [1.165, 1.54) is 28.4 Å². The number of halogens is 1. The molecule has 0 aliphatic heterocycles. The predicted octanol–water partition coefficient (Wildman–Crippen LogP) is 4.36. The largest absolute Gasteiger partial charge is 0.301 e. The zero-order valence-electron chi connectivity index (χ0n) is 11.1. The Labute approximate surface area is 126 Å². The number of benzene rings is 1. The molecule has 0 spiro atoms. The van der Waals surface area contributed by atoms with E-state index >= 15 is 0 Å². The highest BCUT2D eigenvalue weighted by atomic mass is 79.9. The van der Waals surface area contributed by atoms with Crippen molar-refractivity contribution in [2.75, 3.05) is 0 Å². The van der Waals surface area contributed by atoms with E-state index in [1.807, 2.05) is 0 Å². The minimum Gasteiger partial charge on any atom is -0.301 e. The van der Waals surface area contributed by atoms with Gasteiger partial charge in [0.1, 0.15) is 5.01 Å². The van der Waals surface area contributed by atoms with Crippen molar-refractivity contribution < 1.29 is 0 Å². The van der Waals surface area contributed by atoms with Crippen LogP contribution in [0.2, 0.25) is 0 Å². The van der Waals surface area contributed by atoms with Crippen LogP contribution in [0.1, 0.15) is 40.7 Å². The molecule has 0 saturated heterocycles. The van der Waals surface area contributed by atoms with Crippen molar-refractivity contribution in [3.63, 3.8) is 0 Å². The van der Waals surface area contributed by atoms with E-state index in [2.05, 4.69) is 63.7 Å². The Hall–Kier alpha value is -0.710. The number of hydrogen-bond donors (Lipinski definition) is 1. The topological polar surface area (TPSA) is 24.9 Å². The van der Waals surface area contributed by atoms with Gasteiger partial charge < -0.3 is 5.32 Å². The van der Waals surface area contributed by atoms with Gasteiger partial charge in [-0.2, -0.15) is 0 Å². The minimum atomic E-state index is 0.209. The fourth-order valence-corrected chi connectivity index (χ4v) is 3.74. The molecule has 2 nitrogen and oxygen atoms in total. The van der Waals surface area contributed by atoms with Crippen LogP contribution in [-0.2, 0) is 0 Å². The van der Waals surface area contributed by atoms with E-state index in [1.54, 1.807) is 11.3 Å². The van der Waals surface area contributed by atoms with Crippen LogP contribution >= 0.6 is 27.3 Å². The first-order valence-corrected chi connectivity index (χ1v) is 8.25. The third kappa shape index (κ3) is 3.07. The Bertz CT molecular complexity index is 590. The molecule has 4 heteroatoms. The van der Waals surface area contributed by atoms with Crippen LogP contribution < -0.4 is 5.32 Å². The second-order valence-electron chi connectivity index (χ2n) is 5.23. The SMILES string of the molecule is Cc1ccc(C(NC2CC2)c2nc(C)cs2)c(Br)c1. The second kappa shape index (κ2) is 5.35. The first kappa shape index (κ1) is 13.3. The van der Waals surface area contributed by atoms with Gasteiger partial charge in [-0.25, -0.2) is 4.98 Å². The highest BCUT2D eigenvalue weighted by molar-refractivity contribution is 9.10. The van der Waals surface area contributed by atoms with Crippen LogP contribution in [0.5, 0.6) is 0 Å². The standard InChI is InChI=1S/C15H17BrN2S/c1-9-3-6-12(13(16)7-9)14(18-11-4-5-11)15-17-10(2)8-19-15/h3,6-8,11,14,18H,4-5H2,1-2H3. The summed E-state index contributed by atoms with van der Waals surface area (Å²) in [5.74, 6) is 0. The summed E-state index contributed by atoms with van der Waals surface area (Å²) in [5, 5.41) is 7.00. The highest BCUT2D eigenvalue weighted by Crippen LogP contribution is 2.34. The average Bonchev–Trinajstić information content (AvgIpc) is 3.08. The summed E-state index contributed by atoms with van der Waals surface area (Å²) in [6.07, 6.45) is 2.56. The molecule has 0 bridgehead atoms. The molecule has 3 rings (SSSR count). The van der Waals surface area contributed by atoms with E-state index in [9.17, 15) is 0 Å². The third-order valence-corrected chi connectivity index (χ3v) is 5.04. The number of rotatable bonds is 4. The summed E-state index contributed by atoms with van der Waals surface area (Å²) in [4.78, 5) is 4.67. The number of nitrogens with zero attached hydrogens (tertiary/aromatic N) is 1. The predicted molar refractivity (Wildman–Crippen MR) is 83.7 cm³/mol. The van der Waals surface area contributed by atoms with Crippen LogP contribution in [0.4, 0.5) is 0 Å². The number of hydrogen-bond acceptors (Lipinski definition) is 3. The average molecular weight is 337 g/mol. The van der Waals surface area contributed by atoms with Gasteiger partial charge in [0.25, 0.3) is 0 Å². The number of thiazole rings is 1. The van der Waals surface area contributed by atoms with Gasteiger partial charge in [0.05, 0.1) is 6.04 Å². The molecule has 1 aliphatic carbocycles. The molecule has 1 unspecified atom stereocenters. The monoisotopic (exact) mass is 336 g/mol.